The largest absolute Gasteiger partial charge is 0.496 e. The molecule has 0 saturated heterocycles. The number of nitrogens with one attached hydrogen (secondary N) is 1. The third-order valence-corrected chi connectivity index (χ3v) is 5.13. The van der Waals surface area contributed by atoms with Crippen LogP contribution in [0.15, 0.2) is 42.5 Å². The molecule has 0 fully saturated rings. The first-order valence-corrected chi connectivity index (χ1v) is 10.8. The second-order valence-corrected chi connectivity index (χ2v) is 8.00. The van der Waals surface area contributed by atoms with Crippen molar-refractivity contribution in [1.82, 2.24) is 15.3 Å². The van der Waals surface area contributed by atoms with E-state index in [4.69, 9.17) is 19.4 Å². The molecule has 1 aromatic heterocycles. The third kappa shape index (κ3) is 5.60. The van der Waals surface area contributed by atoms with Crippen LogP contribution >= 0.6 is 0 Å². The lowest BCUT2D eigenvalue weighted by Crippen LogP contribution is -2.31. The molecule has 0 bridgehead atoms. The summed E-state index contributed by atoms with van der Waals surface area (Å²) in [5.74, 6) is 1.27. The number of hydrogen-bond donors (Lipinski definition) is 1. The van der Waals surface area contributed by atoms with Gasteiger partial charge in [0.1, 0.15) is 12.4 Å². The van der Waals surface area contributed by atoms with E-state index in [1.165, 1.54) is 7.11 Å². The number of methoxy groups -OCH3 is 1. The van der Waals surface area contributed by atoms with E-state index in [9.17, 15) is 9.59 Å². The van der Waals surface area contributed by atoms with E-state index in [1.54, 1.807) is 12.1 Å². The Hall–Kier alpha value is -3.48. The molecule has 168 valence electrons. The Morgan fingerprint density at radius 2 is 1.91 bits per heavy atom. The van der Waals surface area contributed by atoms with Gasteiger partial charge in [-0.15, -0.1) is 0 Å². The maximum absolute atomic E-state index is 12.5. The zero-order valence-electron chi connectivity index (χ0n) is 18.9. The maximum Gasteiger partial charge on any atom is 0.408 e. The fourth-order valence-electron chi connectivity index (χ4n) is 3.56. The Labute approximate surface area is 188 Å². The van der Waals surface area contributed by atoms with Crippen molar-refractivity contribution in [2.45, 2.75) is 46.3 Å². The van der Waals surface area contributed by atoms with Crippen LogP contribution in [-0.4, -0.2) is 29.5 Å². The van der Waals surface area contributed by atoms with Crippen LogP contribution in [0.1, 0.15) is 60.7 Å². The van der Waals surface area contributed by atoms with Gasteiger partial charge in [-0.2, -0.15) is 0 Å². The Kier molecular flexibility index (Phi) is 7.76. The van der Waals surface area contributed by atoms with Gasteiger partial charge in [-0.05, 0) is 30.4 Å². The number of carbonyl (C=O) groups is 2. The van der Waals surface area contributed by atoms with Crippen LogP contribution in [0.4, 0.5) is 4.79 Å². The molecule has 3 rings (SSSR count). The molecule has 1 atom stereocenters. The van der Waals surface area contributed by atoms with Crippen molar-refractivity contribution in [1.29, 1.82) is 0 Å². The number of aromatic nitrogens is 2. The fraction of sp³-hybridized carbons (Fsp3) is 0.360. The molecule has 0 aliphatic rings. The highest BCUT2D eigenvalue weighted by Crippen LogP contribution is 2.28. The quantitative estimate of drug-likeness (QED) is 0.474. The lowest BCUT2D eigenvalue weighted by Gasteiger charge is -2.21. The van der Waals surface area contributed by atoms with Crippen LogP contribution in [0.2, 0.25) is 0 Å². The number of aryl methyl sites for hydroxylation is 1. The van der Waals surface area contributed by atoms with Gasteiger partial charge in [0.25, 0.3) is 0 Å². The number of amides is 1. The predicted molar refractivity (Wildman–Crippen MR) is 123 cm³/mol. The number of aldehydes is 1. The van der Waals surface area contributed by atoms with E-state index in [2.05, 4.69) is 19.2 Å². The monoisotopic (exact) mass is 435 g/mol. The predicted octanol–water partition coefficient (Wildman–Crippen LogP) is 5.03. The summed E-state index contributed by atoms with van der Waals surface area (Å²) in [5, 5.41) is 3.73. The summed E-state index contributed by atoms with van der Waals surface area (Å²) in [4.78, 5) is 33.4. The molecule has 1 unspecified atom stereocenters. The van der Waals surface area contributed by atoms with Crippen LogP contribution in [0.3, 0.4) is 0 Å². The summed E-state index contributed by atoms with van der Waals surface area (Å²) < 4.78 is 10.7. The van der Waals surface area contributed by atoms with E-state index >= 15 is 0 Å². The lowest BCUT2D eigenvalue weighted by atomic mass is 10.0. The molecule has 3 aromatic rings. The van der Waals surface area contributed by atoms with Gasteiger partial charge in [0, 0.05) is 11.5 Å². The topological polar surface area (TPSA) is 90.4 Å². The minimum Gasteiger partial charge on any atom is -0.496 e. The van der Waals surface area contributed by atoms with E-state index in [0.717, 1.165) is 22.9 Å². The maximum atomic E-state index is 12.5. The summed E-state index contributed by atoms with van der Waals surface area (Å²) in [6.07, 6.45) is 1.55. The second-order valence-electron chi connectivity index (χ2n) is 8.00. The number of rotatable bonds is 9. The van der Waals surface area contributed by atoms with E-state index < -0.39 is 12.1 Å². The number of fused-ring (bicyclic) bond motifs is 1. The summed E-state index contributed by atoms with van der Waals surface area (Å²) >= 11 is 0. The molecule has 7 nitrogen and oxygen atoms in total. The molecular formula is C25H29N3O4. The Balaban J connectivity index is 1.91. The molecule has 0 aliphatic heterocycles. The normalized spacial score (nSPS) is 11.9. The van der Waals surface area contributed by atoms with Gasteiger partial charge in [0.15, 0.2) is 12.1 Å². The number of benzene rings is 2. The zero-order chi connectivity index (χ0) is 23.1. The number of hydrogen-bond acceptors (Lipinski definition) is 6. The summed E-state index contributed by atoms with van der Waals surface area (Å²) in [5.41, 5.74) is 2.84. The first-order chi connectivity index (χ1) is 15.4. The van der Waals surface area contributed by atoms with Crippen LogP contribution in [-0.2, 0) is 17.8 Å². The first kappa shape index (κ1) is 23.2. The van der Waals surface area contributed by atoms with Crippen LogP contribution in [0.5, 0.6) is 5.75 Å². The zero-order valence-corrected chi connectivity index (χ0v) is 18.9. The summed E-state index contributed by atoms with van der Waals surface area (Å²) in [6.45, 7) is 6.33. The minimum atomic E-state index is -0.518. The fourth-order valence-corrected chi connectivity index (χ4v) is 3.56. The smallest absolute Gasteiger partial charge is 0.408 e. The highest BCUT2D eigenvalue weighted by Gasteiger charge is 2.22. The van der Waals surface area contributed by atoms with Crippen LogP contribution < -0.4 is 10.1 Å². The Morgan fingerprint density at radius 1 is 1.16 bits per heavy atom. The van der Waals surface area contributed by atoms with E-state index in [0.29, 0.717) is 41.4 Å². The van der Waals surface area contributed by atoms with Gasteiger partial charge in [-0.1, -0.05) is 51.1 Å². The molecule has 0 saturated carbocycles. The van der Waals surface area contributed by atoms with Gasteiger partial charge >= 0.3 is 6.09 Å². The van der Waals surface area contributed by atoms with Gasteiger partial charge in [0.05, 0.1) is 29.9 Å². The number of ether oxygens (including phenoxy) is 2. The molecule has 32 heavy (non-hydrogen) atoms. The average molecular weight is 436 g/mol. The molecule has 0 spiro atoms. The van der Waals surface area contributed by atoms with Crippen molar-refractivity contribution < 1.29 is 19.1 Å². The molecule has 0 radical (unpaired) electrons. The Bertz CT molecular complexity index is 1080. The van der Waals surface area contributed by atoms with Gasteiger partial charge in [0.2, 0.25) is 0 Å². The van der Waals surface area contributed by atoms with Gasteiger partial charge < -0.3 is 14.8 Å². The third-order valence-electron chi connectivity index (χ3n) is 5.13. The van der Waals surface area contributed by atoms with Crippen LogP contribution in [0, 0.1) is 5.92 Å². The molecule has 1 N–H and O–H groups in total. The summed E-state index contributed by atoms with van der Waals surface area (Å²) in [7, 11) is 1.52. The van der Waals surface area contributed by atoms with E-state index in [-0.39, 0.29) is 6.61 Å². The average Bonchev–Trinajstić information content (AvgIpc) is 2.80. The van der Waals surface area contributed by atoms with Crippen molar-refractivity contribution in [3.63, 3.8) is 0 Å². The number of nitrogens with zero attached hydrogens (tertiary/aromatic N) is 2. The Morgan fingerprint density at radius 3 is 2.53 bits per heavy atom. The van der Waals surface area contributed by atoms with E-state index in [1.807, 2.05) is 37.3 Å². The van der Waals surface area contributed by atoms with Crippen LogP contribution in [0.25, 0.3) is 10.9 Å². The number of carbonyl (C=O) groups excluding carboxylic acids is 2. The SMILES string of the molecule is CCc1nc(C(CC(C)C)NC(=O)OCc2ccccc2)nc2cc(OC)c(C=O)cc12. The molecule has 1 amide bonds. The standard InChI is InChI=1S/C25H29N3O4/c1-5-20-19-12-18(14-29)23(31-4)13-21(19)27-24(26-20)22(11-16(2)3)28-25(30)32-15-17-9-7-6-8-10-17/h6-10,12-14,16,22H,5,11,15H2,1-4H3,(H,28,30). The van der Waals surface area contributed by atoms with Crippen molar-refractivity contribution in [2.24, 2.45) is 5.92 Å². The highest BCUT2D eigenvalue weighted by molar-refractivity contribution is 5.91. The van der Waals surface area contributed by atoms with Gasteiger partial charge in [-0.25, -0.2) is 14.8 Å². The lowest BCUT2D eigenvalue weighted by molar-refractivity contribution is 0.112. The van der Waals surface area contributed by atoms with Crippen molar-refractivity contribution in [3.05, 3.63) is 65.1 Å². The van der Waals surface area contributed by atoms with Crippen molar-refractivity contribution >= 4 is 23.3 Å². The summed E-state index contributed by atoms with van der Waals surface area (Å²) in [6, 6.07) is 12.6. The highest BCUT2D eigenvalue weighted by atomic mass is 16.5. The molecule has 2 aromatic carbocycles. The molecule has 1 heterocycles. The first-order valence-electron chi connectivity index (χ1n) is 10.8. The van der Waals surface area contributed by atoms with Gasteiger partial charge in [-0.3, -0.25) is 4.79 Å². The number of alkyl carbamates (subject to hydrolysis) is 1. The van der Waals surface area contributed by atoms with Crippen molar-refractivity contribution in [2.75, 3.05) is 7.11 Å². The second kappa shape index (κ2) is 10.7. The van der Waals surface area contributed by atoms with Crippen molar-refractivity contribution in [3.8, 4) is 5.75 Å². The molecule has 0 aliphatic carbocycles. The minimum absolute atomic E-state index is 0.186. The molecular weight excluding hydrogens is 406 g/mol. The molecule has 7 heteroatoms.